The van der Waals surface area contributed by atoms with Crippen LogP contribution in [0.5, 0.6) is 0 Å². The standard InChI is InChI=1S/C24H30N4/c1-18-7-10-23-26-24(21-9-8-19-5-2-3-6-20(19)15-21)22(28(23)16-18)17-27-13-4-11-25-12-14-27/h7-10,15-16,25H,2-6,11-14,17H2,1H3. The van der Waals surface area contributed by atoms with Crippen molar-refractivity contribution in [3.8, 4) is 11.3 Å². The first-order valence-electron chi connectivity index (χ1n) is 10.8. The highest BCUT2D eigenvalue weighted by Gasteiger charge is 2.19. The summed E-state index contributed by atoms with van der Waals surface area (Å²) in [5.41, 5.74) is 9.18. The number of benzene rings is 1. The molecule has 1 aliphatic heterocycles. The van der Waals surface area contributed by atoms with Crippen LogP contribution >= 0.6 is 0 Å². The average molecular weight is 375 g/mol. The molecule has 1 saturated heterocycles. The Morgan fingerprint density at radius 2 is 1.86 bits per heavy atom. The van der Waals surface area contributed by atoms with Crippen molar-refractivity contribution in [2.75, 3.05) is 26.2 Å². The van der Waals surface area contributed by atoms with Gasteiger partial charge in [-0.2, -0.15) is 0 Å². The molecule has 3 aromatic rings. The van der Waals surface area contributed by atoms with Crippen LogP contribution in [0.4, 0.5) is 0 Å². The molecule has 5 rings (SSSR count). The van der Waals surface area contributed by atoms with E-state index in [9.17, 15) is 0 Å². The molecular formula is C24H30N4. The molecule has 4 nitrogen and oxygen atoms in total. The van der Waals surface area contributed by atoms with Gasteiger partial charge in [-0.25, -0.2) is 4.98 Å². The molecule has 0 unspecified atom stereocenters. The van der Waals surface area contributed by atoms with E-state index in [1.807, 2.05) is 0 Å². The Kier molecular flexibility index (Phi) is 4.91. The van der Waals surface area contributed by atoms with Crippen molar-refractivity contribution in [1.82, 2.24) is 19.6 Å². The Balaban J connectivity index is 1.59. The Morgan fingerprint density at radius 3 is 2.79 bits per heavy atom. The second-order valence-corrected chi connectivity index (χ2v) is 8.41. The molecule has 3 heterocycles. The van der Waals surface area contributed by atoms with Crippen LogP contribution in [0.3, 0.4) is 0 Å². The minimum absolute atomic E-state index is 0.957. The summed E-state index contributed by atoms with van der Waals surface area (Å²) in [6.07, 6.45) is 8.54. The number of nitrogens with zero attached hydrogens (tertiary/aromatic N) is 3. The lowest BCUT2D eigenvalue weighted by molar-refractivity contribution is 0.281. The van der Waals surface area contributed by atoms with Crippen molar-refractivity contribution in [1.29, 1.82) is 0 Å². The molecule has 0 bridgehead atoms. The third-order valence-electron chi connectivity index (χ3n) is 6.29. The maximum Gasteiger partial charge on any atom is 0.137 e. The Hall–Kier alpha value is -2.17. The quantitative estimate of drug-likeness (QED) is 0.753. The molecule has 1 N–H and O–H groups in total. The minimum Gasteiger partial charge on any atom is -0.315 e. The lowest BCUT2D eigenvalue weighted by Crippen LogP contribution is -2.28. The predicted octanol–water partition coefficient (Wildman–Crippen LogP) is 3.98. The van der Waals surface area contributed by atoms with Crippen molar-refractivity contribution >= 4 is 5.65 Å². The molecule has 146 valence electrons. The van der Waals surface area contributed by atoms with E-state index in [2.05, 4.69) is 58.1 Å². The van der Waals surface area contributed by atoms with Crippen molar-refractivity contribution in [2.24, 2.45) is 0 Å². The second-order valence-electron chi connectivity index (χ2n) is 8.41. The highest BCUT2D eigenvalue weighted by molar-refractivity contribution is 5.68. The summed E-state index contributed by atoms with van der Waals surface area (Å²) in [7, 11) is 0. The van der Waals surface area contributed by atoms with Gasteiger partial charge < -0.3 is 9.72 Å². The SMILES string of the molecule is Cc1ccc2nc(-c3ccc4c(c3)CCCC4)c(CN3CCCNCC3)n2c1. The van der Waals surface area contributed by atoms with Gasteiger partial charge in [-0.1, -0.05) is 18.2 Å². The van der Waals surface area contributed by atoms with Gasteiger partial charge in [0, 0.05) is 31.4 Å². The predicted molar refractivity (Wildman–Crippen MR) is 115 cm³/mol. The summed E-state index contributed by atoms with van der Waals surface area (Å²) >= 11 is 0. The molecule has 0 amide bonds. The van der Waals surface area contributed by atoms with Crippen molar-refractivity contribution in [2.45, 2.75) is 45.6 Å². The molecule has 1 aromatic carbocycles. The number of aromatic nitrogens is 2. The minimum atomic E-state index is 0.957. The molecule has 2 aliphatic rings. The van der Waals surface area contributed by atoms with Crippen LogP contribution in [0.25, 0.3) is 16.9 Å². The van der Waals surface area contributed by atoms with E-state index in [1.54, 1.807) is 0 Å². The zero-order valence-electron chi connectivity index (χ0n) is 16.9. The fraction of sp³-hybridized carbons (Fsp3) is 0.458. The zero-order chi connectivity index (χ0) is 18.9. The van der Waals surface area contributed by atoms with E-state index in [0.717, 1.165) is 44.1 Å². The van der Waals surface area contributed by atoms with Crippen LogP contribution in [0, 0.1) is 6.92 Å². The van der Waals surface area contributed by atoms with Crippen LogP contribution in [-0.2, 0) is 19.4 Å². The van der Waals surface area contributed by atoms with Crippen LogP contribution in [0.1, 0.15) is 41.6 Å². The van der Waals surface area contributed by atoms with Crippen LogP contribution in [-0.4, -0.2) is 40.5 Å². The van der Waals surface area contributed by atoms with E-state index in [1.165, 1.54) is 60.1 Å². The molecular weight excluding hydrogens is 344 g/mol. The van der Waals surface area contributed by atoms with E-state index in [0.29, 0.717) is 0 Å². The molecule has 1 fully saturated rings. The number of hydrogen-bond donors (Lipinski definition) is 1. The first-order valence-corrected chi connectivity index (χ1v) is 10.8. The van der Waals surface area contributed by atoms with Gasteiger partial charge in [0.1, 0.15) is 5.65 Å². The zero-order valence-corrected chi connectivity index (χ0v) is 16.9. The van der Waals surface area contributed by atoms with Gasteiger partial charge in [-0.15, -0.1) is 0 Å². The third-order valence-corrected chi connectivity index (χ3v) is 6.29. The number of aryl methyl sites for hydroxylation is 3. The van der Waals surface area contributed by atoms with E-state index in [-0.39, 0.29) is 0 Å². The average Bonchev–Trinajstić information content (AvgIpc) is 2.89. The number of fused-ring (bicyclic) bond motifs is 2. The van der Waals surface area contributed by atoms with Gasteiger partial charge in [0.15, 0.2) is 0 Å². The third kappa shape index (κ3) is 3.47. The van der Waals surface area contributed by atoms with Crippen molar-refractivity contribution < 1.29 is 0 Å². The maximum absolute atomic E-state index is 5.08. The monoisotopic (exact) mass is 374 g/mol. The van der Waals surface area contributed by atoms with Gasteiger partial charge >= 0.3 is 0 Å². The first-order chi connectivity index (χ1) is 13.8. The van der Waals surface area contributed by atoms with Gasteiger partial charge in [-0.3, -0.25) is 4.90 Å². The molecule has 1 aliphatic carbocycles. The van der Waals surface area contributed by atoms with E-state index in [4.69, 9.17) is 4.98 Å². The fourth-order valence-corrected chi connectivity index (χ4v) is 4.73. The molecule has 0 radical (unpaired) electrons. The summed E-state index contributed by atoms with van der Waals surface area (Å²) in [5.74, 6) is 0. The molecule has 4 heteroatoms. The maximum atomic E-state index is 5.08. The largest absolute Gasteiger partial charge is 0.315 e. The summed E-state index contributed by atoms with van der Waals surface area (Å²) in [6.45, 7) is 7.57. The lowest BCUT2D eigenvalue weighted by Gasteiger charge is -2.20. The normalized spacial score (nSPS) is 18.2. The Bertz CT molecular complexity index is 980. The molecule has 28 heavy (non-hydrogen) atoms. The summed E-state index contributed by atoms with van der Waals surface area (Å²) < 4.78 is 2.32. The number of rotatable bonds is 3. The molecule has 0 atom stereocenters. The number of hydrogen-bond acceptors (Lipinski definition) is 3. The van der Waals surface area contributed by atoms with Gasteiger partial charge in [0.05, 0.1) is 11.4 Å². The lowest BCUT2D eigenvalue weighted by atomic mass is 9.90. The molecule has 0 saturated carbocycles. The Morgan fingerprint density at radius 1 is 0.964 bits per heavy atom. The van der Waals surface area contributed by atoms with Crippen molar-refractivity contribution in [3.63, 3.8) is 0 Å². The summed E-state index contributed by atoms with van der Waals surface area (Å²) in [6, 6.07) is 11.4. The smallest absolute Gasteiger partial charge is 0.137 e. The van der Waals surface area contributed by atoms with E-state index < -0.39 is 0 Å². The Labute approximate surface area is 167 Å². The van der Waals surface area contributed by atoms with Crippen LogP contribution in [0.15, 0.2) is 36.5 Å². The number of imidazole rings is 1. The fourth-order valence-electron chi connectivity index (χ4n) is 4.73. The van der Waals surface area contributed by atoms with Gasteiger partial charge in [0.2, 0.25) is 0 Å². The van der Waals surface area contributed by atoms with E-state index >= 15 is 0 Å². The highest BCUT2D eigenvalue weighted by atomic mass is 15.2. The number of pyridine rings is 1. The topological polar surface area (TPSA) is 32.6 Å². The van der Waals surface area contributed by atoms with Gasteiger partial charge in [-0.05, 0) is 80.9 Å². The second kappa shape index (κ2) is 7.69. The summed E-state index contributed by atoms with van der Waals surface area (Å²) in [4.78, 5) is 7.66. The summed E-state index contributed by atoms with van der Waals surface area (Å²) in [5, 5.41) is 3.52. The first kappa shape index (κ1) is 17.9. The van der Waals surface area contributed by atoms with Gasteiger partial charge in [0.25, 0.3) is 0 Å². The molecule has 2 aromatic heterocycles. The van der Waals surface area contributed by atoms with Crippen molar-refractivity contribution in [3.05, 3.63) is 58.9 Å². The number of nitrogens with one attached hydrogen (secondary N) is 1. The van der Waals surface area contributed by atoms with Crippen LogP contribution < -0.4 is 5.32 Å². The highest BCUT2D eigenvalue weighted by Crippen LogP contribution is 2.30. The molecule has 0 spiro atoms. The van der Waals surface area contributed by atoms with Crippen LogP contribution in [0.2, 0.25) is 0 Å².